The number of hydrogen-bond acceptors (Lipinski definition) is 4. The molecule has 0 saturated carbocycles. The van der Waals surface area contributed by atoms with Gasteiger partial charge in [-0.2, -0.15) is 5.10 Å². The molecule has 8 heteroatoms. The zero-order valence-electron chi connectivity index (χ0n) is 10.2. The minimum Gasteiger partial charge on any atom is -0.276 e. The Labute approximate surface area is 116 Å². The molecule has 2 heterocycles. The molecule has 0 aliphatic carbocycles. The maximum atomic E-state index is 12.0. The lowest BCUT2D eigenvalue weighted by Crippen LogP contribution is -2.26. The summed E-state index contributed by atoms with van der Waals surface area (Å²) in [4.78, 5) is 3.86. The van der Waals surface area contributed by atoms with Crippen LogP contribution in [0.25, 0.3) is 0 Å². The third-order valence-corrected chi connectivity index (χ3v) is 4.14. The molecule has 1 N–H and O–H groups in total. The van der Waals surface area contributed by atoms with Gasteiger partial charge in [0.15, 0.2) is 0 Å². The van der Waals surface area contributed by atoms with E-state index in [9.17, 15) is 8.42 Å². The van der Waals surface area contributed by atoms with Gasteiger partial charge in [0.2, 0.25) is 10.0 Å². The smallest absolute Gasteiger partial charge is 0.240 e. The number of halogens is 1. The van der Waals surface area contributed by atoms with Gasteiger partial charge in [-0.1, -0.05) is 11.6 Å². The third kappa shape index (κ3) is 3.76. The molecule has 102 valence electrons. The van der Waals surface area contributed by atoms with Gasteiger partial charge in [-0.25, -0.2) is 18.1 Å². The first kappa shape index (κ1) is 14.0. The minimum atomic E-state index is -3.55. The highest BCUT2D eigenvalue weighted by Crippen LogP contribution is 2.12. The highest BCUT2D eigenvalue weighted by molar-refractivity contribution is 7.89. The normalized spacial score (nSPS) is 11.7. The van der Waals surface area contributed by atoms with Crippen molar-refractivity contribution in [2.24, 2.45) is 7.05 Å². The van der Waals surface area contributed by atoms with Crippen LogP contribution >= 0.6 is 11.6 Å². The van der Waals surface area contributed by atoms with Crippen LogP contribution in [0.15, 0.2) is 35.6 Å². The SMILES string of the molecule is Cn1cc(CCNS(=O)(=O)c2ccnc(Cl)c2)cn1. The molecule has 2 aromatic rings. The summed E-state index contributed by atoms with van der Waals surface area (Å²) in [6, 6.07) is 2.71. The number of rotatable bonds is 5. The lowest BCUT2D eigenvalue weighted by molar-refractivity contribution is 0.581. The van der Waals surface area contributed by atoms with Gasteiger partial charge in [-0.3, -0.25) is 4.68 Å². The molecular weight excluding hydrogens is 288 g/mol. The second-order valence-corrected chi connectivity index (χ2v) is 6.14. The van der Waals surface area contributed by atoms with E-state index in [-0.39, 0.29) is 10.0 Å². The van der Waals surface area contributed by atoms with Gasteiger partial charge in [-0.05, 0) is 24.1 Å². The molecule has 0 spiro atoms. The number of nitrogens with zero attached hydrogens (tertiary/aromatic N) is 3. The van der Waals surface area contributed by atoms with E-state index in [4.69, 9.17) is 11.6 Å². The van der Waals surface area contributed by atoms with Crippen LogP contribution in [0, 0.1) is 0 Å². The molecular formula is C11H13ClN4O2S. The monoisotopic (exact) mass is 300 g/mol. The van der Waals surface area contributed by atoms with Crippen molar-refractivity contribution in [3.8, 4) is 0 Å². The molecule has 0 aliphatic heterocycles. The second kappa shape index (κ2) is 5.68. The number of aromatic nitrogens is 3. The lowest BCUT2D eigenvalue weighted by atomic mass is 10.3. The average Bonchev–Trinajstić information content (AvgIpc) is 2.75. The number of aryl methyl sites for hydroxylation is 1. The topological polar surface area (TPSA) is 76.9 Å². The van der Waals surface area contributed by atoms with Gasteiger partial charge in [0.1, 0.15) is 5.15 Å². The maximum Gasteiger partial charge on any atom is 0.240 e. The van der Waals surface area contributed by atoms with Crippen molar-refractivity contribution in [1.82, 2.24) is 19.5 Å². The summed E-state index contributed by atoms with van der Waals surface area (Å²) in [6.45, 7) is 0.300. The first-order valence-corrected chi connectivity index (χ1v) is 7.42. The molecule has 0 radical (unpaired) electrons. The fourth-order valence-electron chi connectivity index (χ4n) is 1.57. The summed E-state index contributed by atoms with van der Waals surface area (Å²) >= 11 is 5.67. The van der Waals surface area contributed by atoms with Crippen LogP contribution in [0.3, 0.4) is 0 Å². The summed E-state index contributed by atoms with van der Waals surface area (Å²) in [5, 5.41) is 4.16. The van der Waals surface area contributed by atoms with Crippen molar-refractivity contribution in [3.05, 3.63) is 41.4 Å². The third-order valence-electron chi connectivity index (χ3n) is 2.47. The fourth-order valence-corrected chi connectivity index (χ4v) is 2.85. The number of sulfonamides is 1. The van der Waals surface area contributed by atoms with Crippen LogP contribution in [0.1, 0.15) is 5.56 Å². The van der Waals surface area contributed by atoms with E-state index < -0.39 is 10.0 Å². The molecule has 2 aromatic heterocycles. The molecule has 2 rings (SSSR count). The van der Waals surface area contributed by atoms with Crippen LogP contribution in [-0.2, 0) is 23.5 Å². The Balaban J connectivity index is 1.98. The van der Waals surface area contributed by atoms with Crippen LogP contribution in [0.4, 0.5) is 0 Å². The molecule has 0 aliphatic rings. The highest BCUT2D eigenvalue weighted by atomic mass is 35.5. The van der Waals surface area contributed by atoms with E-state index in [0.717, 1.165) is 5.56 Å². The number of pyridine rings is 1. The zero-order chi connectivity index (χ0) is 13.9. The number of nitrogens with one attached hydrogen (secondary N) is 1. The van der Waals surface area contributed by atoms with Gasteiger partial charge in [0.05, 0.1) is 11.1 Å². The van der Waals surface area contributed by atoms with Crippen molar-refractivity contribution >= 4 is 21.6 Å². The molecule has 0 atom stereocenters. The van der Waals surface area contributed by atoms with Gasteiger partial charge in [-0.15, -0.1) is 0 Å². The predicted molar refractivity (Wildman–Crippen MR) is 71.3 cm³/mol. The highest BCUT2D eigenvalue weighted by Gasteiger charge is 2.13. The maximum absolute atomic E-state index is 12.0. The molecule has 0 aromatic carbocycles. The second-order valence-electron chi connectivity index (χ2n) is 3.98. The number of hydrogen-bond donors (Lipinski definition) is 1. The molecule has 0 amide bonds. The Hall–Kier alpha value is -1.44. The quantitative estimate of drug-likeness (QED) is 0.835. The van der Waals surface area contributed by atoms with Crippen molar-refractivity contribution in [2.75, 3.05) is 6.54 Å². The van der Waals surface area contributed by atoms with E-state index >= 15 is 0 Å². The van der Waals surface area contributed by atoms with E-state index in [2.05, 4.69) is 14.8 Å². The summed E-state index contributed by atoms with van der Waals surface area (Å²) < 4.78 is 28.1. The van der Waals surface area contributed by atoms with Gasteiger partial charge < -0.3 is 0 Å². The summed E-state index contributed by atoms with van der Waals surface area (Å²) in [5.74, 6) is 0. The van der Waals surface area contributed by atoms with Crippen LogP contribution < -0.4 is 4.72 Å². The van der Waals surface area contributed by atoms with Gasteiger partial charge in [0, 0.05) is 26.0 Å². The van der Waals surface area contributed by atoms with Crippen LogP contribution in [-0.4, -0.2) is 29.7 Å². The van der Waals surface area contributed by atoms with E-state index in [1.54, 1.807) is 10.9 Å². The van der Waals surface area contributed by atoms with Gasteiger partial charge >= 0.3 is 0 Å². The standard InChI is InChI=1S/C11H13ClN4O2S/c1-16-8-9(7-14-16)2-5-15-19(17,18)10-3-4-13-11(12)6-10/h3-4,6-8,15H,2,5H2,1H3. The van der Waals surface area contributed by atoms with Crippen LogP contribution in [0.2, 0.25) is 5.15 Å². The van der Waals surface area contributed by atoms with Crippen molar-refractivity contribution < 1.29 is 8.42 Å². The predicted octanol–water partition coefficient (Wildman–Crippen LogP) is 0.989. The Morgan fingerprint density at radius 2 is 2.26 bits per heavy atom. The van der Waals surface area contributed by atoms with Gasteiger partial charge in [0.25, 0.3) is 0 Å². The first-order valence-electron chi connectivity index (χ1n) is 5.56. The molecule has 0 bridgehead atoms. The van der Waals surface area contributed by atoms with Crippen molar-refractivity contribution in [1.29, 1.82) is 0 Å². The molecule has 6 nitrogen and oxygen atoms in total. The minimum absolute atomic E-state index is 0.110. The van der Waals surface area contributed by atoms with Crippen molar-refractivity contribution in [2.45, 2.75) is 11.3 Å². The van der Waals surface area contributed by atoms with Crippen molar-refractivity contribution in [3.63, 3.8) is 0 Å². The largest absolute Gasteiger partial charge is 0.276 e. The Kier molecular flexibility index (Phi) is 4.18. The fraction of sp³-hybridized carbons (Fsp3) is 0.273. The summed E-state index contributed by atoms with van der Waals surface area (Å²) in [7, 11) is -1.74. The summed E-state index contributed by atoms with van der Waals surface area (Å²) in [6.07, 6.45) is 5.49. The van der Waals surface area contributed by atoms with Crippen LogP contribution in [0.5, 0.6) is 0 Å². The Bertz CT molecular complexity index is 669. The van der Waals surface area contributed by atoms with E-state index in [1.165, 1.54) is 18.3 Å². The Morgan fingerprint density at radius 3 is 2.89 bits per heavy atom. The van der Waals surface area contributed by atoms with E-state index in [0.29, 0.717) is 13.0 Å². The Morgan fingerprint density at radius 1 is 1.47 bits per heavy atom. The molecule has 19 heavy (non-hydrogen) atoms. The zero-order valence-corrected chi connectivity index (χ0v) is 11.8. The average molecular weight is 301 g/mol. The lowest BCUT2D eigenvalue weighted by Gasteiger charge is -2.05. The molecule has 0 fully saturated rings. The first-order chi connectivity index (χ1) is 8.97. The molecule has 0 unspecified atom stereocenters. The van der Waals surface area contributed by atoms with E-state index in [1.807, 2.05) is 13.2 Å². The molecule has 0 saturated heterocycles. The summed E-state index contributed by atoms with van der Waals surface area (Å²) in [5.41, 5.74) is 0.970.